The van der Waals surface area contributed by atoms with Crippen LogP contribution in [0.1, 0.15) is 35.3 Å². The molecule has 1 atom stereocenters. The molecule has 2 N–H and O–H groups in total. The predicted octanol–water partition coefficient (Wildman–Crippen LogP) is 3.68. The second-order valence-electron chi connectivity index (χ2n) is 8.30. The van der Waals surface area contributed by atoms with Crippen molar-refractivity contribution in [2.45, 2.75) is 44.8 Å². The lowest BCUT2D eigenvalue weighted by atomic mass is 10.00. The molecule has 0 saturated carbocycles. The number of nitrogens with zero attached hydrogens (tertiary/aromatic N) is 3. The van der Waals surface area contributed by atoms with Gasteiger partial charge in [-0.3, -0.25) is 14.4 Å². The topological polar surface area (TPSA) is 96.7 Å². The number of pyridine rings is 2. The Balaban J connectivity index is 1.75. The van der Waals surface area contributed by atoms with Crippen molar-refractivity contribution in [2.24, 2.45) is 0 Å². The maximum atomic E-state index is 13.5. The molecule has 2 aromatic heterocycles. The van der Waals surface area contributed by atoms with Crippen LogP contribution in [0.15, 0.2) is 41.3 Å². The number of fused-ring (bicyclic) bond motifs is 3. The van der Waals surface area contributed by atoms with Gasteiger partial charge in [0.05, 0.1) is 16.8 Å². The van der Waals surface area contributed by atoms with E-state index in [1.807, 2.05) is 0 Å². The molecule has 0 amide bonds. The highest BCUT2D eigenvalue weighted by molar-refractivity contribution is 5.99. The summed E-state index contributed by atoms with van der Waals surface area (Å²) in [6, 6.07) is 7.75. The van der Waals surface area contributed by atoms with E-state index in [4.69, 9.17) is 4.74 Å². The third-order valence-electron chi connectivity index (χ3n) is 6.10. The molecule has 2 aliphatic heterocycles. The SMILES string of the molecule is O=C(O)c1ncccc1-c1ccc2c3c(c(=O)n(CC(F)(F)F)c2c1)CNN3C1CCCCO1. The first kappa shape index (κ1) is 22.4. The Morgan fingerprint density at radius 2 is 2.09 bits per heavy atom. The Labute approximate surface area is 191 Å². The van der Waals surface area contributed by atoms with Crippen molar-refractivity contribution in [3.05, 3.63) is 58.1 Å². The minimum absolute atomic E-state index is 0.0586. The van der Waals surface area contributed by atoms with E-state index in [0.29, 0.717) is 27.8 Å². The molecule has 8 nitrogen and oxygen atoms in total. The smallest absolute Gasteiger partial charge is 0.406 e. The minimum atomic E-state index is -4.63. The van der Waals surface area contributed by atoms with Crippen LogP contribution in [-0.2, 0) is 17.8 Å². The molecule has 178 valence electrons. The zero-order valence-electron chi connectivity index (χ0n) is 17.9. The van der Waals surface area contributed by atoms with Crippen molar-refractivity contribution in [2.75, 3.05) is 11.6 Å². The number of carboxylic acid groups (broad SMARTS) is 1. The summed E-state index contributed by atoms with van der Waals surface area (Å²) < 4.78 is 47.0. The average molecular weight is 474 g/mol. The number of hydrogen-bond donors (Lipinski definition) is 2. The third kappa shape index (κ3) is 3.90. The largest absolute Gasteiger partial charge is 0.476 e. The summed E-state index contributed by atoms with van der Waals surface area (Å²) in [4.78, 5) is 28.8. The van der Waals surface area contributed by atoms with Gasteiger partial charge in [0.2, 0.25) is 0 Å². The second kappa shape index (κ2) is 8.41. The van der Waals surface area contributed by atoms with Gasteiger partial charge in [-0.15, -0.1) is 0 Å². The minimum Gasteiger partial charge on any atom is -0.476 e. The first-order valence-electron chi connectivity index (χ1n) is 10.8. The first-order valence-corrected chi connectivity index (χ1v) is 10.8. The van der Waals surface area contributed by atoms with Crippen molar-refractivity contribution in [1.29, 1.82) is 0 Å². The van der Waals surface area contributed by atoms with E-state index in [2.05, 4.69) is 10.4 Å². The fourth-order valence-electron chi connectivity index (χ4n) is 4.65. The quantitative estimate of drug-likeness (QED) is 0.596. The van der Waals surface area contributed by atoms with Gasteiger partial charge in [-0.25, -0.2) is 15.2 Å². The molecule has 2 aliphatic rings. The van der Waals surface area contributed by atoms with Gasteiger partial charge >= 0.3 is 12.1 Å². The molecule has 4 heterocycles. The van der Waals surface area contributed by atoms with Crippen molar-refractivity contribution < 1.29 is 27.8 Å². The molecule has 1 aromatic carbocycles. The van der Waals surface area contributed by atoms with Gasteiger partial charge in [-0.2, -0.15) is 13.2 Å². The van der Waals surface area contributed by atoms with Crippen LogP contribution in [0.2, 0.25) is 0 Å². The number of benzene rings is 1. The Morgan fingerprint density at radius 1 is 1.26 bits per heavy atom. The molecule has 0 aliphatic carbocycles. The number of ether oxygens (including phenoxy) is 1. The molecule has 1 fully saturated rings. The van der Waals surface area contributed by atoms with Crippen molar-refractivity contribution in [3.8, 4) is 11.1 Å². The Hall–Kier alpha value is -3.44. The molecular weight excluding hydrogens is 453 g/mol. The van der Waals surface area contributed by atoms with Crippen LogP contribution in [0.5, 0.6) is 0 Å². The molecule has 0 bridgehead atoms. The highest BCUT2D eigenvalue weighted by atomic mass is 19.4. The van der Waals surface area contributed by atoms with E-state index < -0.39 is 24.2 Å². The van der Waals surface area contributed by atoms with Gasteiger partial charge < -0.3 is 9.84 Å². The molecule has 5 rings (SSSR count). The highest BCUT2D eigenvalue weighted by Crippen LogP contribution is 2.37. The van der Waals surface area contributed by atoms with Gasteiger partial charge in [-0.05, 0) is 37.0 Å². The first-order chi connectivity index (χ1) is 16.2. The molecule has 1 unspecified atom stereocenters. The molecule has 0 radical (unpaired) electrons. The van der Waals surface area contributed by atoms with Crippen LogP contribution in [0.4, 0.5) is 18.9 Å². The maximum absolute atomic E-state index is 13.5. The number of aromatic nitrogens is 2. The summed E-state index contributed by atoms with van der Waals surface area (Å²) in [5.41, 5.74) is 3.53. The van der Waals surface area contributed by atoms with E-state index in [-0.39, 0.29) is 35.1 Å². The van der Waals surface area contributed by atoms with E-state index in [9.17, 15) is 27.9 Å². The Bertz CT molecular complexity index is 1330. The predicted molar refractivity (Wildman–Crippen MR) is 117 cm³/mol. The van der Waals surface area contributed by atoms with Gasteiger partial charge in [0, 0.05) is 30.3 Å². The lowest BCUT2D eigenvalue weighted by molar-refractivity contribution is -0.140. The monoisotopic (exact) mass is 474 g/mol. The number of rotatable bonds is 4. The lowest BCUT2D eigenvalue weighted by Crippen LogP contribution is -2.45. The summed E-state index contributed by atoms with van der Waals surface area (Å²) >= 11 is 0. The standard InChI is InChI=1S/C23H21F3N4O4/c24-23(25,26)12-29-17-10-13(14-4-3-8-27-19(14)22(32)33)6-7-15(17)20-16(21(29)31)11-28-30(20)18-5-1-2-9-34-18/h3-4,6-8,10,18,28H,1-2,5,9,11-12H2,(H,32,33). The molecule has 3 aromatic rings. The summed E-state index contributed by atoms with van der Waals surface area (Å²) in [5, 5.41) is 11.7. The molecule has 11 heteroatoms. The fourth-order valence-corrected chi connectivity index (χ4v) is 4.65. The molecular formula is C23H21F3N4O4. The van der Waals surface area contributed by atoms with Gasteiger partial charge in [0.15, 0.2) is 5.69 Å². The Morgan fingerprint density at radius 3 is 2.79 bits per heavy atom. The zero-order chi connectivity index (χ0) is 24.0. The number of carboxylic acids is 1. The fraction of sp³-hybridized carbons (Fsp3) is 0.348. The molecule has 1 saturated heterocycles. The number of carbonyl (C=O) groups is 1. The summed E-state index contributed by atoms with van der Waals surface area (Å²) in [7, 11) is 0. The molecule has 34 heavy (non-hydrogen) atoms. The van der Waals surface area contributed by atoms with E-state index in [0.717, 1.165) is 19.3 Å². The second-order valence-corrected chi connectivity index (χ2v) is 8.30. The number of halogens is 3. The summed E-state index contributed by atoms with van der Waals surface area (Å²) in [6.45, 7) is -0.808. The molecule has 0 spiro atoms. The van der Waals surface area contributed by atoms with Crippen LogP contribution in [0, 0.1) is 0 Å². The third-order valence-corrected chi connectivity index (χ3v) is 6.10. The van der Waals surface area contributed by atoms with Crippen LogP contribution >= 0.6 is 0 Å². The number of alkyl halides is 3. The number of anilines is 1. The number of nitrogens with one attached hydrogen (secondary N) is 1. The highest BCUT2D eigenvalue weighted by Gasteiger charge is 2.35. The van der Waals surface area contributed by atoms with Crippen LogP contribution < -0.4 is 16.0 Å². The van der Waals surface area contributed by atoms with Gasteiger partial charge in [0.25, 0.3) is 5.56 Å². The van der Waals surface area contributed by atoms with Crippen molar-refractivity contribution >= 4 is 22.6 Å². The van der Waals surface area contributed by atoms with Gasteiger partial charge in [0.1, 0.15) is 12.8 Å². The van der Waals surface area contributed by atoms with Crippen LogP contribution in [0.25, 0.3) is 22.0 Å². The summed E-state index contributed by atoms with van der Waals surface area (Å²) in [6.07, 6.45) is -1.06. The number of hydrazine groups is 1. The van der Waals surface area contributed by atoms with E-state index in [1.54, 1.807) is 23.2 Å². The zero-order valence-corrected chi connectivity index (χ0v) is 17.9. The van der Waals surface area contributed by atoms with Crippen LogP contribution in [-0.4, -0.2) is 39.6 Å². The van der Waals surface area contributed by atoms with Crippen LogP contribution in [0.3, 0.4) is 0 Å². The lowest BCUT2D eigenvalue weighted by Gasteiger charge is -2.33. The van der Waals surface area contributed by atoms with E-state index >= 15 is 0 Å². The maximum Gasteiger partial charge on any atom is 0.406 e. The number of hydrogen-bond acceptors (Lipinski definition) is 6. The van der Waals surface area contributed by atoms with Crippen molar-refractivity contribution in [1.82, 2.24) is 15.0 Å². The number of aromatic carboxylic acids is 1. The van der Waals surface area contributed by atoms with E-state index in [1.165, 1.54) is 18.3 Å². The average Bonchev–Trinajstić information content (AvgIpc) is 3.27. The summed E-state index contributed by atoms with van der Waals surface area (Å²) in [5.74, 6) is -1.26. The van der Waals surface area contributed by atoms with Gasteiger partial charge in [-0.1, -0.05) is 18.2 Å². The normalized spacial score (nSPS) is 18.3. The van der Waals surface area contributed by atoms with Crippen molar-refractivity contribution in [3.63, 3.8) is 0 Å². The Kier molecular flexibility index (Phi) is 5.53.